The van der Waals surface area contributed by atoms with Gasteiger partial charge in [0.15, 0.2) is 0 Å². The van der Waals surface area contributed by atoms with Crippen LogP contribution in [0.1, 0.15) is 0 Å². The lowest BCUT2D eigenvalue weighted by Crippen LogP contribution is -2.53. The van der Waals surface area contributed by atoms with Crippen LogP contribution in [0.2, 0.25) is 0 Å². The zero-order chi connectivity index (χ0) is 10.2. The Morgan fingerprint density at radius 1 is 1.00 bits per heavy atom. The minimum atomic E-state index is -5.80. The molecular weight excluding hydrogens is 258 g/mol. The van der Waals surface area contributed by atoms with Crippen molar-refractivity contribution in [1.82, 2.24) is 0 Å². The van der Waals surface area contributed by atoms with Gasteiger partial charge in [0.05, 0.1) is 0 Å². The molecule has 0 aromatic heterocycles. The normalized spacial score (nSPS) is 19.0. The van der Waals surface area contributed by atoms with Crippen LogP contribution in [0.25, 0.3) is 0 Å². The standard InChI is InChI=1S/C4H3BrF6O/c1-12-2(6,3(5,7)8)4(9,10)11/h1H3. The quantitative estimate of drug-likeness (QED) is 0.548. The monoisotopic (exact) mass is 260 g/mol. The van der Waals surface area contributed by atoms with Gasteiger partial charge in [0, 0.05) is 7.11 Å². The second-order valence-electron chi connectivity index (χ2n) is 1.79. The first-order valence-electron chi connectivity index (χ1n) is 2.44. The number of hydrogen-bond acceptors (Lipinski definition) is 1. The Kier molecular flexibility index (Phi) is 3.06. The van der Waals surface area contributed by atoms with E-state index in [9.17, 15) is 26.3 Å². The van der Waals surface area contributed by atoms with Gasteiger partial charge in [0.25, 0.3) is 0 Å². The average molecular weight is 261 g/mol. The molecule has 8 heteroatoms. The minimum absolute atomic E-state index is 0.197. The molecule has 0 aliphatic rings. The van der Waals surface area contributed by atoms with Gasteiger partial charge in [-0.05, 0) is 15.9 Å². The van der Waals surface area contributed by atoms with Crippen molar-refractivity contribution < 1.29 is 31.1 Å². The summed E-state index contributed by atoms with van der Waals surface area (Å²) < 4.78 is 74.2. The summed E-state index contributed by atoms with van der Waals surface area (Å²) in [7, 11) is 0.197. The summed E-state index contributed by atoms with van der Waals surface area (Å²) in [6, 6.07) is 0. The van der Waals surface area contributed by atoms with Crippen LogP contribution in [0.5, 0.6) is 0 Å². The van der Waals surface area contributed by atoms with Gasteiger partial charge in [-0.15, -0.1) is 0 Å². The minimum Gasteiger partial charge on any atom is -0.337 e. The van der Waals surface area contributed by atoms with Gasteiger partial charge < -0.3 is 4.74 Å². The maximum atomic E-state index is 12.4. The van der Waals surface area contributed by atoms with Crippen LogP contribution in [0, 0.1) is 0 Å². The summed E-state index contributed by atoms with van der Waals surface area (Å²) in [5.41, 5.74) is 0. The fourth-order valence-corrected chi connectivity index (χ4v) is 0.779. The molecule has 0 bridgehead atoms. The van der Waals surface area contributed by atoms with Crippen LogP contribution in [0.4, 0.5) is 26.3 Å². The predicted octanol–water partition coefficient (Wildman–Crippen LogP) is 2.85. The van der Waals surface area contributed by atoms with Gasteiger partial charge in [-0.2, -0.15) is 26.3 Å². The highest BCUT2D eigenvalue weighted by molar-refractivity contribution is 9.10. The van der Waals surface area contributed by atoms with E-state index in [0.717, 1.165) is 0 Å². The fourth-order valence-electron chi connectivity index (χ4n) is 0.392. The van der Waals surface area contributed by atoms with Gasteiger partial charge in [-0.3, -0.25) is 0 Å². The lowest BCUT2D eigenvalue weighted by molar-refractivity contribution is -0.369. The van der Waals surface area contributed by atoms with E-state index in [0.29, 0.717) is 0 Å². The van der Waals surface area contributed by atoms with E-state index in [1.54, 1.807) is 0 Å². The van der Waals surface area contributed by atoms with Crippen molar-refractivity contribution in [3.05, 3.63) is 0 Å². The third-order valence-electron chi connectivity index (χ3n) is 1.01. The summed E-state index contributed by atoms with van der Waals surface area (Å²) in [5, 5.41) is 0. The third-order valence-corrected chi connectivity index (χ3v) is 1.52. The molecule has 12 heavy (non-hydrogen) atoms. The van der Waals surface area contributed by atoms with Crippen molar-refractivity contribution >= 4 is 15.9 Å². The van der Waals surface area contributed by atoms with Crippen molar-refractivity contribution in [2.45, 2.75) is 16.9 Å². The van der Waals surface area contributed by atoms with Gasteiger partial charge in [0.1, 0.15) is 0 Å². The molecule has 1 atom stereocenters. The molecule has 0 saturated carbocycles. The van der Waals surface area contributed by atoms with Crippen LogP contribution in [0.3, 0.4) is 0 Å². The average Bonchev–Trinajstić information content (AvgIpc) is 1.81. The Labute approximate surface area is 71.8 Å². The van der Waals surface area contributed by atoms with E-state index < -0.39 is 16.9 Å². The Morgan fingerprint density at radius 3 is 1.33 bits per heavy atom. The van der Waals surface area contributed by atoms with Crippen LogP contribution in [-0.4, -0.2) is 24.0 Å². The molecule has 1 unspecified atom stereocenters. The molecule has 0 aromatic carbocycles. The lowest BCUT2D eigenvalue weighted by Gasteiger charge is -2.29. The zero-order valence-corrected chi connectivity index (χ0v) is 7.14. The van der Waals surface area contributed by atoms with Crippen molar-refractivity contribution in [2.75, 3.05) is 7.11 Å². The SMILES string of the molecule is COC(F)(C(F)(F)F)C(F)(F)Br. The number of halogens is 7. The van der Waals surface area contributed by atoms with Crippen molar-refractivity contribution in [1.29, 1.82) is 0 Å². The Morgan fingerprint density at radius 2 is 1.33 bits per heavy atom. The second-order valence-corrected chi connectivity index (χ2v) is 2.79. The highest BCUT2D eigenvalue weighted by Crippen LogP contribution is 2.48. The number of hydrogen-bond donors (Lipinski definition) is 0. The molecule has 0 fully saturated rings. The molecule has 0 radical (unpaired) electrons. The van der Waals surface area contributed by atoms with Gasteiger partial charge >= 0.3 is 16.9 Å². The van der Waals surface area contributed by atoms with Crippen LogP contribution in [-0.2, 0) is 4.74 Å². The molecule has 0 amide bonds. The Hall–Kier alpha value is 0.0200. The van der Waals surface area contributed by atoms with Crippen LogP contribution >= 0.6 is 15.9 Å². The molecule has 1 nitrogen and oxygen atoms in total. The summed E-state index contributed by atoms with van der Waals surface area (Å²) in [5.74, 6) is -5.00. The summed E-state index contributed by atoms with van der Waals surface area (Å²) in [6.07, 6.45) is -5.80. The predicted molar refractivity (Wildman–Crippen MR) is 30.8 cm³/mol. The first kappa shape index (κ1) is 12.0. The highest BCUT2D eigenvalue weighted by Gasteiger charge is 2.71. The van der Waals surface area contributed by atoms with E-state index in [1.165, 1.54) is 15.9 Å². The van der Waals surface area contributed by atoms with Crippen molar-refractivity contribution in [2.24, 2.45) is 0 Å². The lowest BCUT2D eigenvalue weighted by atomic mass is 10.3. The van der Waals surface area contributed by atoms with Gasteiger partial charge in [-0.25, -0.2) is 0 Å². The summed E-state index contributed by atoms with van der Waals surface area (Å²) in [6.45, 7) is 0. The maximum absolute atomic E-state index is 12.4. The topological polar surface area (TPSA) is 9.23 Å². The van der Waals surface area contributed by atoms with Gasteiger partial charge in [-0.1, -0.05) is 0 Å². The third kappa shape index (κ3) is 1.85. The first-order chi connectivity index (χ1) is 5.06. The van der Waals surface area contributed by atoms with E-state index in [-0.39, 0.29) is 7.11 Å². The smallest absolute Gasteiger partial charge is 0.337 e. The molecule has 0 saturated heterocycles. The van der Waals surface area contributed by atoms with Crippen molar-refractivity contribution in [3.8, 4) is 0 Å². The first-order valence-corrected chi connectivity index (χ1v) is 3.23. The van der Waals surface area contributed by atoms with Crippen molar-refractivity contribution in [3.63, 3.8) is 0 Å². The number of ether oxygens (including phenoxy) is 1. The molecule has 0 aromatic rings. The molecular formula is C4H3BrF6O. The fraction of sp³-hybridized carbons (Fsp3) is 1.00. The van der Waals surface area contributed by atoms with Crippen LogP contribution < -0.4 is 0 Å². The number of rotatable bonds is 2. The Bertz CT molecular complexity index is 146. The highest BCUT2D eigenvalue weighted by atomic mass is 79.9. The number of methoxy groups -OCH3 is 1. The van der Waals surface area contributed by atoms with E-state index in [1.807, 2.05) is 0 Å². The second kappa shape index (κ2) is 3.06. The molecule has 0 aliphatic carbocycles. The molecule has 0 heterocycles. The largest absolute Gasteiger partial charge is 0.456 e. The molecule has 74 valence electrons. The molecule has 0 spiro atoms. The molecule has 0 aliphatic heterocycles. The van der Waals surface area contributed by atoms with Gasteiger partial charge in [0.2, 0.25) is 0 Å². The zero-order valence-electron chi connectivity index (χ0n) is 5.55. The maximum Gasteiger partial charge on any atom is 0.456 e. The summed E-state index contributed by atoms with van der Waals surface area (Å²) in [4.78, 5) is -4.81. The van der Waals surface area contributed by atoms with Crippen LogP contribution in [0.15, 0.2) is 0 Å². The molecule has 0 N–H and O–H groups in total. The summed E-state index contributed by atoms with van der Waals surface area (Å²) >= 11 is 1.24. The Balaban J connectivity index is 4.95. The van der Waals surface area contributed by atoms with E-state index >= 15 is 0 Å². The van der Waals surface area contributed by atoms with E-state index in [2.05, 4.69) is 4.74 Å². The molecule has 0 rings (SSSR count). The number of alkyl halides is 7. The van der Waals surface area contributed by atoms with E-state index in [4.69, 9.17) is 0 Å².